The monoisotopic (exact) mass is 296 g/mol. The van der Waals surface area contributed by atoms with Crippen LogP contribution in [0.25, 0.3) is 11.0 Å². The van der Waals surface area contributed by atoms with Crippen molar-refractivity contribution in [2.75, 3.05) is 5.75 Å². The first-order valence-electron chi connectivity index (χ1n) is 6.08. The lowest BCUT2D eigenvalue weighted by atomic mass is 10.3. The highest BCUT2D eigenvalue weighted by Crippen LogP contribution is 2.46. The number of aromatic nitrogens is 2. The molecule has 19 heavy (non-hydrogen) atoms. The van der Waals surface area contributed by atoms with E-state index in [-0.39, 0.29) is 5.75 Å². The third-order valence-electron chi connectivity index (χ3n) is 3.34. The minimum Gasteiger partial charge on any atom is -0.481 e. The Bertz CT molecular complexity index is 655. The van der Waals surface area contributed by atoms with Gasteiger partial charge in [0, 0.05) is 11.1 Å². The van der Waals surface area contributed by atoms with Gasteiger partial charge in [0.05, 0.1) is 16.8 Å². The number of thioether (sulfide) groups is 1. The van der Waals surface area contributed by atoms with Gasteiger partial charge in [-0.05, 0) is 30.5 Å². The topological polar surface area (TPSA) is 55.1 Å². The Morgan fingerprint density at radius 3 is 3.00 bits per heavy atom. The SMILES string of the molecule is CC1CC1n1c(SCC(=O)O)nc2ccc(Cl)cc21. The van der Waals surface area contributed by atoms with E-state index in [1.165, 1.54) is 11.8 Å². The van der Waals surface area contributed by atoms with Gasteiger partial charge in [0.1, 0.15) is 0 Å². The molecule has 0 radical (unpaired) electrons. The average Bonchev–Trinajstić information content (AvgIpc) is 2.95. The van der Waals surface area contributed by atoms with Crippen LogP contribution in [0.15, 0.2) is 23.4 Å². The van der Waals surface area contributed by atoms with Crippen LogP contribution >= 0.6 is 23.4 Å². The molecule has 2 unspecified atom stereocenters. The van der Waals surface area contributed by atoms with Gasteiger partial charge in [-0.3, -0.25) is 4.79 Å². The van der Waals surface area contributed by atoms with Crippen LogP contribution in [-0.4, -0.2) is 26.4 Å². The van der Waals surface area contributed by atoms with Gasteiger partial charge in [0.15, 0.2) is 5.16 Å². The summed E-state index contributed by atoms with van der Waals surface area (Å²) >= 11 is 7.31. The van der Waals surface area contributed by atoms with Crippen molar-refractivity contribution >= 4 is 40.4 Å². The fraction of sp³-hybridized carbons (Fsp3) is 0.385. The Balaban J connectivity index is 2.06. The number of rotatable bonds is 4. The van der Waals surface area contributed by atoms with Crippen LogP contribution in [0.3, 0.4) is 0 Å². The smallest absolute Gasteiger partial charge is 0.313 e. The summed E-state index contributed by atoms with van der Waals surface area (Å²) in [4.78, 5) is 15.2. The Morgan fingerprint density at radius 2 is 2.37 bits per heavy atom. The van der Waals surface area contributed by atoms with Crippen molar-refractivity contribution in [3.63, 3.8) is 0 Å². The molecule has 1 heterocycles. The predicted molar refractivity (Wildman–Crippen MR) is 75.9 cm³/mol. The number of imidazole rings is 1. The highest BCUT2D eigenvalue weighted by Gasteiger charge is 2.37. The zero-order valence-electron chi connectivity index (χ0n) is 10.3. The summed E-state index contributed by atoms with van der Waals surface area (Å²) in [6, 6.07) is 6.01. The molecule has 4 nitrogen and oxygen atoms in total. The average molecular weight is 297 g/mol. The summed E-state index contributed by atoms with van der Waals surface area (Å²) < 4.78 is 2.14. The number of halogens is 1. The Labute approximate surface area is 119 Å². The second-order valence-electron chi connectivity index (χ2n) is 4.86. The van der Waals surface area contributed by atoms with Crippen molar-refractivity contribution in [2.24, 2.45) is 5.92 Å². The van der Waals surface area contributed by atoms with Crippen LogP contribution in [0.4, 0.5) is 0 Å². The van der Waals surface area contributed by atoms with Crippen molar-refractivity contribution in [1.82, 2.24) is 9.55 Å². The van der Waals surface area contributed by atoms with E-state index in [2.05, 4.69) is 16.5 Å². The maximum Gasteiger partial charge on any atom is 0.313 e. The lowest BCUT2D eigenvalue weighted by molar-refractivity contribution is -0.133. The molecular formula is C13H13ClN2O2S. The molecule has 6 heteroatoms. The Hall–Kier alpha value is -1.20. The predicted octanol–water partition coefficient (Wildman–Crippen LogP) is 3.45. The zero-order valence-corrected chi connectivity index (χ0v) is 11.9. The van der Waals surface area contributed by atoms with E-state index >= 15 is 0 Å². The van der Waals surface area contributed by atoms with Crippen molar-refractivity contribution in [3.05, 3.63) is 23.2 Å². The summed E-state index contributed by atoms with van der Waals surface area (Å²) in [7, 11) is 0. The molecule has 1 saturated carbocycles. The quantitative estimate of drug-likeness (QED) is 0.878. The number of fused-ring (bicyclic) bond motifs is 1. The van der Waals surface area contributed by atoms with Gasteiger partial charge in [0.2, 0.25) is 0 Å². The van der Waals surface area contributed by atoms with Gasteiger partial charge < -0.3 is 9.67 Å². The number of aliphatic carboxylic acids is 1. The van der Waals surface area contributed by atoms with E-state index in [0.717, 1.165) is 22.6 Å². The molecule has 1 N–H and O–H groups in total. The molecule has 1 aromatic heterocycles. The maximum absolute atomic E-state index is 10.7. The van der Waals surface area contributed by atoms with Crippen molar-refractivity contribution in [3.8, 4) is 0 Å². The second kappa shape index (κ2) is 4.72. The molecule has 0 bridgehead atoms. The number of carbonyl (C=O) groups is 1. The van der Waals surface area contributed by atoms with E-state index in [1.807, 2.05) is 18.2 Å². The first-order valence-corrected chi connectivity index (χ1v) is 7.44. The standard InChI is InChI=1S/C13H13ClN2O2S/c1-7-4-10(7)16-11-5-8(14)2-3-9(11)15-13(16)19-6-12(17)18/h2-3,5,7,10H,4,6H2,1H3,(H,17,18). The van der Waals surface area contributed by atoms with Crippen LogP contribution in [0.5, 0.6) is 0 Å². The van der Waals surface area contributed by atoms with Crippen LogP contribution in [-0.2, 0) is 4.79 Å². The number of carboxylic acids is 1. The first kappa shape index (κ1) is 12.8. The lowest BCUT2D eigenvalue weighted by Gasteiger charge is -2.07. The van der Waals surface area contributed by atoms with E-state index in [9.17, 15) is 4.79 Å². The van der Waals surface area contributed by atoms with Gasteiger partial charge in [-0.25, -0.2) is 4.98 Å². The number of carboxylic acid groups (broad SMARTS) is 1. The molecule has 1 fully saturated rings. The van der Waals surface area contributed by atoms with Crippen LogP contribution in [0, 0.1) is 5.92 Å². The number of benzene rings is 1. The van der Waals surface area contributed by atoms with E-state index in [0.29, 0.717) is 17.0 Å². The molecule has 2 aromatic rings. The molecule has 0 saturated heterocycles. The third-order valence-corrected chi connectivity index (χ3v) is 4.52. The van der Waals surface area contributed by atoms with Gasteiger partial charge >= 0.3 is 5.97 Å². The molecule has 2 atom stereocenters. The minimum absolute atomic E-state index is 0.0259. The number of nitrogens with zero attached hydrogens (tertiary/aromatic N) is 2. The highest BCUT2D eigenvalue weighted by molar-refractivity contribution is 7.99. The van der Waals surface area contributed by atoms with E-state index in [4.69, 9.17) is 16.7 Å². The summed E-state index contributed by atoms with van der Waals surface area (Å²) in [6.07, 6.45) is 1.11. The summed E-state index contributed by atoms with van der Waals surface area (Å²) in [5.41, 5.74) is 1.87. The highest BCUT2D eigenvalue weighted by atomic mass is 35.5. The number of hydrogen-bond donors (Lipinski definition) is 1. The normalized spacial score (nSPS) is 21.8. The molecular weight excluding hydrogens is 284 g/mol. The fourth-order valence-corrected chi connectivity index (χ4v) is 3.21. The molecule has 0 spiro atoms. The molecule has 0 amide bonds. The second-order valence-corrected chi connectivity index (χ2v) is 6.24. The van der Waals surface area contributed by atoms with Gasteiger partial charge in [-0.15, -0.1) is 0 Å². The van der Waals surface area contributed by atoms with Gasteiger partial charge in [-0.2, -0.15) is 0 Å². The lowest BCUT2D eigenvalue weighted by Crippen LogP contribution is -2.02. The largest absolute Gasteiger partial charge is 0.481 e. The number of hydrogen-bond acceptors (Lipinski definition) is 3. The fourth-order valence-electron chi connectivity index (χ4n) is 2.25. The Kier molecular flexibility index (Phi) is 3.19. The Morgan fingerprint density at radius 1 is 1.63 bits per heavy atom. The maximum atomic E-state index is 10.7. The molecule has 1 aliphatic rings. The summed E-state index contributed by atoms with van der Waals surface area (Å²) in [5.74, 6) is -0.191. The van der Waals surface area contributed by atoms with E-state index < -0.39 is 5.97 Å². The van der Waals surface area contributed by atoms with Crippen molar-refractivity contribution in [2.45, 2.75) is 24.5 Å². The minimum atomic E-state index is -0.828. The van der Waals surface area contributed by atoms with Crippen LogP contribution in [0.2, 0.25) is 5.02 Å². The zero-order chi connectivity index (χ0) is 13.6. The molecule has 100 valence electrons. The first-order chi connectivity index (χ1) is 9.06. The van der Waals surface area contributed by atoms with Crippen molar-refractivity contribution in [1.29, 1.82) is 0 Å². The molecule has 1 aliphatic carbocycles. The van der Waals surface area contributed by atoms with Crippen LogP contribution in [0.1, 0.15) is 19.4 Å². The summed E-state index contributed by atoms with van der Waals surface area (Å²) in [6.45, 7) is 2.19. The molecule has 1 aromatic carbocycles. The van der Waals surface area contributed by atoms with Gasteiger partial charge in [-0.1, -0.05) is 30.3 Å². The van der Waals surface area contributed by atoms with Crippen molar-refractivity contribution < 1.29 is 9.90 Å². The van der Waals surface area contributed by atoms with Gasteiger partial charge in [0.25, 0.3) is 0 Å². The summed E-state index contributed by atoms with van der Waals surface area (Å²) in [5, 5.41) is 10.3. The van der Waals surface area contributed by atoms with E-state index in [1.54, 1.807) is 0 Å². The van der Waals surface area contributed by atoms with Crippen LogP contribution < -0.4 is 0 Å². The third kappa shape index (κ3) is 2.44. The molecule has 0 aliphatic heterocycles. The molecule has 3 rings (SSSR count).